The Balaban J connectivity index is 2.46. The summed E-state index contributed by atoms with van der Waals surface area (Å²) in [5, 5.41) is 12.4. The van der Waals surface area contributed by atoms with Crippen LogP contribution >= 0.6 is 0 Å². The normalized spacial score (nSPS) is 13.2. The Morgan fingerprint density at radius 3 is 2.56 bits per heavy atom. The van der Waals surface area contributed by atoms with Crippen molar-refractivity contribution in [1.29, 1.82) is 0 Å². The molecule has 3 nitrogen and oxygen atoms in total. The molecule has 0 heterocycles. The van der Waals surface area contributed by atoms with Crippen molar-refractivity contribution in [3.8, 4) is 0 Å². The zero-order chi connectivity index (χ0) is 13.8. The van der Waals surface area contributed by atoms with Gasteiger partial charge in [-0.05, 0) is 24.0 Å². The fourth-order valence-corrected chi connectivity index (χ4v) is 1.50. The van der Waals surface area contributed by atoms with Gasteiger partial charge in [-0.3, -0.25) is 4.79 Å². The Kier molecular flexibility index (Phi) is 4.84. The van der Waals surface area contributed by atoms with Crippen molar-refractivity contribution < 1.29 is 14.3 Å². The summed E-state index contributed by atoms with van der Waals surface area (Å²) >= 11 is 0. The van der Waals surface area contributed by atoms with E-state index < -0.39 is 17.8 Å². The van der Waals surface area contributed by atoms with Gasteiger partial charge in [-0.15, -0.1) is 0 Å². The molecule has 0 radical (unpaired) electrons. The maximum atomic E-state index is 13.3. The molecule has 2 N–H and O–H groups in total. The molecule has 0 spiro atoms. The van der Waals surface area contributed by atoms with Gasteiger partial charge in [0, 0.05) is 6.54 Å². The van der Waals surface area contributed by atoms with Crippen LogP contribution in [0.1, 0.15) is 37.6 Å². The van der Waals surface area contributed by atoms with Crippen LogP contribution in [0.5, 0.6) is 0 Å². The number of benzene rings is 1. The topological polar surface area (TPSA) is 49.3 Å². The van der Waals surface area contributed by atoms with E-state index in [1.807, 2.05) is 20.8 Å². The molecule has 0 bridgehead atoms. The predicted molar refractivity (Wildman–Crippen MR) is 68.8 cm³/mol. The van der Waals surface area contributed by atoms with E-state index in [2.05, 4.69) is 5.32 Å². The van der Waals surface area contributed by atoms with E-state index >= 15 is 0 Å². The maximum absolute atomic E-state index is 13.3. The second-order valence-electron chi connectivity index (χ2n) is 5.41. The van der Waals surface area contributed by atoms with E-state index in [1.54, 1.807) is 6.07 Å². The number of nitrogens with one attached hydrogen (secondary N) is 1. The van der Waals surface area contributed by atoms with Crippen molar-refractivity contribution in [1.82, 2.24) is 5.32 Å². The van der Waals surface area contributed by atoms with Crippen LogP contribution in [-0.2, 0) is 0 Å². The molecule has 100 valence electrons. The third-order valence-corrected chi connectivity index (χ3v) is 2.82. The average Bonchev–Trinajstić information content (AvgIpc) is 2.28. The Labute approximate surface area is 107 Å². The Hall–Kier alpha value is -1.42. The molecule has 0 saturated heterocycles. The Morgan fingerprint density at radius 1 is 1.39 bits per heavy atom. The number of halogens is 1. The highest BCUT2D eigenvalue weighted by atomic mass is 19.1. The molecule has 1 aromatic rings. The zero-order valence-electron chi connectivity index (χ0n) is 11.0. The summed E-state index contributed by atoms with van der Waals surface area (Å²) in [6.07, 6.45) is -0.0534. The first-order valence-corrected chi connectivity index (χ1v) is 6.03. The van der Waals surface area contributed by atoms with Crippen LogP contribution in [0.2, 0.25) is 0 Å². The van der Waals surface area contributed by atoms with Crippen LogP contribution in [-0.4, -0.2) is 23.7 Å². The minimum absolute atomic E-state index is 0.0303. The molecular formula is C14H20FNO2. The van der Waals surface area contributed by atoms with Crippen LogP contribution < -0.4 is 5.32 Å². The second-order valence-corrected chi connectivity index (χ2v) is 5.41. The summed E-state index contributed by atoms with van der Waals surface area (Å²) in [4.78, 5) is 11.7. The van der Waals surface area contributed by atoms with Gasteiger partial charge in [-0.2, -0.15) is 0 Å². The van der Waals surface area contributed by atoms with Crippen LogP contribution in [0.3, 0.4) is 0 Å². The molecule has 1 rings (SSSR count). The summed E-state index contributed by atoms with van der Waals surface area (Å²) in [5.74, 6) is -0.986. The Morgan fingerprint density at radius 2 is 2.00 bits per heavy atom. The molecule has 0 aliphatic carbocycles. The second kappa shape index (κ2) is 5.96. The lowest BCUT2D eigenvalue weighted by atomic mass is 9.87. The summed E-state index contributed by atoms with van der Waals surface area (Å²) in [6, 6.07) is 5.83. The number of hydrogen-bond acceptors (Lipinski definition) is 2. The van der Waals surface area contributed by atoms with Gasteiger partial charge < -0.3 is 10.4 Å². The minimum Gasteiger partial charge on any atom is -0.393 e. The number of carbonyl (C=O) groups is 1. The summed E-state index contributed by atoms with van der Waals surface area (Å²) in [5.41, 5.74) is -0.189. The molecule has 0 aliphatic heterocycles. The molecular weight excluding hydrogens is 233 g/mol. The van der Waals surface area contributed by atoms with Crippen molar-refractivity contribution >= 4 is 5.91 Å². The largest absolute Gasteiger partial charge is 0.393 e. The van der Waals surface area contributed by atoms with Crippen molar-refractivity contribution in [2.75, 3.05) is 6.54 Å². The van der Waals surface area contributed by atoms with Gasteiger partial charge in [-0.1, -0.05) is 32.9 Å². The highest BCUT2D eigenvalue weighted by Crippen LogP contribution is 2.20. The molecule has 0 fully saturated rings. The van der Waals surface area contributed by atoms with Gasteiger partial charge in [0.1, 0.15) is 5.82 Å². The zero-order valence-corrected chi connectivity index (χ0v) is 11.0. The van der Waals surface area contributed by atoms with Gasteiger partial charge in [0.2, 0.25) is 0 Å². The minimum atomic E-state index is -0.536. The molecule has 0 saturated carbocycles. The van der Waals surface area contributed by atoms with Crippen LogP contribution in [0, 0.1) is 11.2 Å². The molecule has 1 amide bonds. The van der Waals surface area contributed by atoms with Gasteiger partial charge >= 0.3 is 0 Å². The van der Waals surface area contributed by atoms with Crippen LogP contribution in [0.15, 0.2) is 24.3 Å². The first-order valence-electron chi connectivity index (χ1n) is 6.03. The Bertz CT molecular complexity index is 413. The highest BCUT2D eigenvalue weighted by Gasteiger charge is 2.21. The third kappa shape index (κ3) is 4.11. The van der Waals surface area contributed by atoms with E-state index in [4.69, 9.17) is 0 Å². The fraction of sp³-hybridized carbons (Fsp3) is 0.500. The lowest BCUT2D eigenvalue weighted by Crippen LogP contribution is -2.32. The third-order valence-electron chi connectivity index (χ3n) is 2.82. The quantitative estimate of drug-likeness (QED) is 0.865. The molecule has 4 heteroatoms. The lowest BCUT2D eigenvalue weighted by Gasteiger charge is -2.25. The fourth-order valence-electron chi connectivity index (χ4n) is 1.50. The summed E-state index contributed by atoms with van der Waals surface area (Å²) in [6.45, 7) is 6.11. The van der Waals surface area contributed by atoms with Crippen molar-refractivity contribution in [2.45, 2.75) is 33.3 Å². The molecule has 18 heavy (non-hydrogen) atoms. The van der Waals surface area contributed by atoms with E-state index in [-0.39, 0.29) is 11.0 Å². The number of hydrogen-bond donors (Lipinski definition) is 2. The molecule has 0 aliphatic rings. The van der Waals surface area contributed by atoms with Gasteiger partial charge in [0.15, 0.2) is 0 Å². The van der Waals surface area contributed by atoms with Crippen LogP contribution in [0.4, 0.5) is 4.39 Å². The van der Waals surface area contributed by atoms with E-state index in [0.717, 1.165) is 0 Å². The summed E-state index contributed by atoms with van der Waals surface area (Å²) in [7, 11) is 0. The number of aliphatic hydroxyl groups is 1. The standard InChI is InChI=1S/C14H20FNO2/c1-14(2,3)12(17)8-9-16-13(18)10-6-4-5-7-11(10)15/h4-7,12,17H,8-9H2,1-3H3,(H,16,18). The maximum Gasteiger partial charge on any atom is 0.254 e. The number of carbonyl (C=O) groups excluding carboxylic acids is 1. The van der Waals surface area contributed by atoms with E-state index in [0.29, 0.717) is 13.0 Å². The highest BCUT2D eigenvalue weighted by molar-refractivity contribution is 5.94. The number of rotatable bonds is 4. The van der Waals surface area contributed by atoms with Gasteiger partial charge in [0.05, 0.1) is 11.7 Å². The van der Waals surface area contributed by atoms with E-state index in [1.165, 1.54) is 18.2 Å². The predicted octanol–water partition coefficient (Wildman–Crippen LogP) is 2.35. The van der Waals surface area contributed by atoms with Gasteiger partial charge in [0.25, 0.3) is 5.91 Å². The SMILES string of the molecule is CC(C)(C)C(O)CCNC(=O)c1ccccc1F. The first-order chi connectivity index (χ1) is 8.32. The summed E-state index contributed by atoms with van der Waals surface area (Å²) < 4.78 is 13.3. The molecule has 1 aromatic carbocycles. The first kappa shape index (κ1) is 14.6. The number of aliphatic hydroxyl groups excluding tert-OH is 1. The molecule has 0 aromatic heterocycles. The van der Waals surface area contributed by atoms with Crippen molar-refractivity contribution in [3.63, 3.8) is 0 Å². The van der Waals surface area contributed by atoms with E-state index in [9.17, 15) is 14.3 Å². The monoisotopic (exact) mass is 253 g/mol. The lowest BCUT2D eigenvalue weighted by molar-refractivity contribution is 0.0551. The van der Waals surface area contributed by atoms with Gasteiger partial charge in [-0.25, -0.2) is 4.39 Å². The average molecular weight is 253 g/mol. The van der Waals surface area contributed by atoms with Crippen LogP contribution in [0.25, 0.3) is 0 Å². The number of amides is 1. The molecule has 1 unspecified atom stereocenters. The van der Waals surface area contributed by atoms with Crippen molar-refractivity contribution in [2.24, 2.45) is 5.41 Å². The molecule has 1 atom stereocenters. The smallest absolute Gasteiger partial charge is 0.254 e. The van der Waals surface area contributed by atoms with Crippen molar-refractivity contribution in [3.05, 3.63) is 35.6 Å².